The van der Waals surface area contributed by atoms with Crippen molar-refractivity contribution in [3.63, 3.8) is 0 Å². The molecule has 2 bridgehead atoms. The fourth-order valence-corrected chi connectivity index (χ4v) is 7.32. The number of aromatic hydroxyl groups is 1. The Bertz CT molecular complexity index is 1770. The summed E-state index contributed by atoms with van der Waals surface area (Å²) in [5, 5.41) is 59.1. The monoisotopic (exact) mass is 789 g/mol. The number of esters is 2. The third kappa shape index (κ3) is 8.75. The number of halogens is 3. The number of nitrogens with one attached hydrogen (secondary N) is 2. The van der Waals surface area contributed by atoms with Crippen LogP contribution in [0.2, 0.25) is 0 Å². The molecule has 2 amide bonds. The number of aliphatic hydroxyl groups excluding tert-OH is 2. The fourth-order valence-electron chi connectivity index (χ4n) is 7.32. The van der Waals surface area contributed by atoms with E-state index >= 15 is 0 Å². The first-order valence-corrected chi connectivity index (χ1v) is 16.6. The van der Waals surface area contributed by atoms with E-state index in [0.29, 0.717) is 24.9 Å². The number of nitrogens with zero attached hydrogens (tertiary/aromatic N) is 1. The number of likely N-dealkylation sites (tertiary alicyclic amines) is 1. The van der Waals surface area contributed by atoms with Crippen LogP contribution in [-0.4, -0.2) is 140 Å². The van der Waals surface area contributed by atoms with Gasteiger partial charge in [0.25, 0.3) is 0 Å². The van der Waals surface area contributed by atoms with Crippen LogP contribution in [0.3, 0.4) is 0 Å². The van der Waals surface area contributed by atoms with Crippen LogP contribution in [0.15, 0.2) is 24.0 Å². The molecule has 1 aromatic carbocycles. The Labute approximate surface area is 308 Å². The number of hydrogen-bond acceptors (Lipinski definition) is 14. The van der Waals surface area contributed by atoms with Gasteiger partial charge in [0.15, 0.2) is 29.8 Å². The number of aliphatic carboxylic acids is 3. The zero-order valence-electron chi connectivity index (χ0n) is 29.0. The molecule has 302 valence electrons. The summed E-state index contributed by atoms with van der Waals surface area (Å²) in [4.78, 5) is 82.9. The van der Waals surface area contributed by atoms with Gasteiger partial charge >= 0.3 is 36.0 Å². The van der Waals surface area contributed by atoms with Crippen LogP contribution in [0.4, 0.5) is 13.2 Å². The average molecular weight is 790 g/mol. The number of carbonyl (C=O) groups is 7. The molecule has 55 heavy (non-hydrogen) atoms. The van der Waals surface area contributed by atoms with E-state index in [2.05, 4.69) is 15.5 Å². The molecule has 22 heteroatoms. The number of carboxylic acid groups (broad SMARTS) is 3. The Kier molecular flexibility index (Phi) is 12.7. The molecule has 4 aliphatic rings. The maximum atomic E-state index is 13.4. The number of rotatable bonds is 14. The SMILES string of the molecule is CN1CC[C@]23c4c5ccc(O)c4O[C@H]2C(OC(=O)CCNC(=O)C[C@H](O)C(=O)O)=CC[C@@]3(OC(=O)CCNC(=O)C[C@H](O)C(=O)O)[C@H]1C5.O=C(O)C(F)(F)F. The minimum Gasteiger partial charge on any atom is -0.504 e. The molecule has 2 aliphatic carbocycles. The van der Waals surface area contributed by atoms with Crippen molar-refractivity contribution in [2.45, 2.75) is 86.5 Å². The Morgan fingerprint density at radius 1 is 0.945 bits per heavy atom. The van der Waals surface area contributed by atoms with Crippen molar-refractivity contribution >= 4 is 41.7 Å². The van der Waals surface area contributed by atoms with Crippen molar-refractivity contribution in [3.05, 3.63) is 35.1 Å². The number of amides is 2. The number of carboxylic acids is 3. The van der Waals surface area contributed by atoms with Crippen LogP contribution in [0, 0.1) is 0 Å². The highest BCUT2D eigenvalue weighted by Crippen LogP contribution is 2.66. The normalized spacial score (nSPS) is 24.2. The first-order valence-electron chi connectivity index (χ1n) is 16.6. The number of alkyl halides is 3. The molecule has 1 spiro atoms. The second kappa shape index (κ2) is 16.5. The molecule has 8 N–H and O–H groups in total. The fraction of sp³-hybridized carbons (Fsp3) is 0.545. The van der Waals surface area contributed by atoms with Gasteiger partial charge in [0.05, 0.1) is 37.1 Å². The van der Waals surface area contributed by atoms with Gasteiger partial charge in [-0.15, -0.1) is 0 Å². The summed E-state index contributed by atoms with van der Waals surface area (Å²) < 4.78 is 50.2. The quantitative estimate of drug-likeness (QED) is 0.106. The van der Waals surface area contributed by atoms with Crippen molar-refractivity contribution in [2.24, 2.45) is 0 Å². The number of carbonyl (C=O) groups excluding carboxylic acids is 4. The highest BCUT2D eigenvalue weighted by molar-refractivity contribution is 5.84. The lowest BCUT2D eigenvalue weighted by atomic mass is 9.50. The number of phenolic OH excluding ortho intramolecular Hbond substituents is 1. The number of likely N-dealkylation sites (N-methyl/N-ethyl adjacent to an activating group) is 1. The van der Waals surface area contributed by atoms with Crippen LogP contribution in [0.5, 0.6) is 11.5 Å². The number of phenols is 1. The van der Waals surface area contributed by atoms with E-state index in [4.69, 9.17) is 34.3 Å². The van der Waals surface area contributed by atoms with E-state index in [-0.39, 0.29) is 55.7 Å². The van der Waals surface area contributed by atoms with Gasteiger partial charge in [0, 0.05) is 25.1 Å². The molecule has 0 radical (unpaired) electrons. The Morgan fingerprint density at radius 3 is 2.02 bits per heavy atom. The number of benzene rings is 1. The second-order valence-electron chi connectivity index (χ2n) is 13.1. The third-order valence-corrected chi connectivity index (χ3v) is 9.72. The molecule has 2 heterocycles. The van der Waals surface area contributed by atoms with E-state index in [1.165, 1.54) is 6.07 Å². The van der Waals surface area contributed by atoms with Crippen LogP contribution >= 0.6 is 0 Å². The van der Waals surface area contributed by atoms with Crippen LogP contribution in [0.1, 0.15) is 49.7 Å². The number of aliphatic hydroxyl groups is 2. The Morgan fingerprint density at radius 2 is 1.49 bits per heavy atom. The van der Waals surface area contributed by atoms with Crippen molar-refractivity contribution in [2.75, 3.05) is 26.7 Å². The Balaban J connectivity index is 0.000000876. The van der Waals surface area contributed by atoms with Gasteiger partial charge in [-0.05, 0) is 44.1 Å². The van der Waals surface area contributed by atoms with Gasteiger partial charge in [-0.2, -0.15) is 13.2 Å². The standard InChI is InChI=1S/C31H37N3O14.C2HF3O2/c1-34-11-8-30-25-15-2-3-16(35)26(25)47-27(30)19(46-23(40)5-9-32-21(38)13-17(36)28(42)43)4-7-31(30,20(34)12-15)48-24(41)6-10-33-22(39)14-18(37)29(44)45;3-2(4,5)1(6)7/h2-4,17-18,20,27,35-37H,5-14H2,1H3,(H,32,38)(H,33,39)(H,42,43)(H,44,45);(H,6,7)/t17-,18-,20+,27-,30-,31+;/m0./s1. The average Bonchev–Trinajstić information content (AvgIpc) is 3.44. The van der Waals surface area contributed by atoms with E-state index in [1.807, 2.05) is 7.05 Å². The van der Waals surface area contributed by atoms with Gasteiger partial charge in [-0.3, -0.25) is 24.1 Å². The third-order valence-electron chi connectivity index (χ3n) is 9.72. The first-order chi connectivity index (χ1) is 25.6. The van der Waals surface area contributed by atoms with Crippen molar-refractivity contribution in [3.8, 4) is 11.5 Å². The lowest BCUT2D eigenvalue weighted by Gasteiger charge is -2.62. The molecule has 0 aromatic heterocycles. The van der Waals surface area contributed by atoms with Crippen molar-refractivity contribution in [1.29, 1.82) is 0 Å². The summed E-state index contributed by atoms with van der Waals surface area (Å²) in [6, 6.07) is 2.95. The summed E-state index contributed by atoms with van der Waals surface area (Å²) in [7, 11) is 1.90. The molecule has 2 aliphatic heterocycles. The van der Waals surface area contributed by atoms with Gasteiger partial charge in [-0.1, -0.05) is 6.07 Å². The highest BCUT2D eigenvalue weighted by Gasteiger charge is 2.74. The van der Waals surface area contributed by atoms with Crippen LogP contribution in [0.25, 0.3) is 0 Å². The molecule has 5 rings (SSSR count). The van der Waals surface area contributed by atoms with Gasteiger partial charge in [-0.25, -0.2) is 14.4 Å². The minimum atomic E-state index is -5.08. The molecule has 0 saturated carbocycles. The first kappa shape index (κ1) is 42.3. The van der Waals surface area contributed by atoms with E-state index in [0.717, 1.165) is 5.56 Å². The van der Waals surface area contributed by atoms with E-state index in [1.54, 1.807) is 12.1 Å². The molecule has 19 nitrogen and oxygen atoms in total. The van der Waals surface area contributed by atoms with Gasteiger partial charge < -0.3 is 55.5 Å². The summed E-state index contributed by atoms with van der Waals surface area (Å²) in [6.07, 6.45) is -9.22. The lowest BCUT2D eigenvalue weighted by molar-refractivity contribution is -0.206. The van der Waals surface area contributed by atoms with Crippen LogP contribution < -0.4 is 15.4 Å². The van der Waals surface area contributed by atoms with E-state index in [9.17, 15) is 57.3 Å². The summed E-state index contributed by atoms with van der Waals surface area (Å²) >= 11 is 0. The van der Waals surface area contributed by atoms with E-state index < -0.39 is 90.0 Å². The number of hydrogen-bond donors (Lipinski definition) is 8. The van der Waals surface area contributed by atoms with Gasteiger partial charge in [0.1, 0.15) is 11.4 Å². The van der Waals surface area contributed by atoms with Crippen molar-refractivity contribution < 1.29 is 91.6 Å². The number of piperidine rings is 1. The minimum absolute atomic E-state index is 0.103. The number of ether oxygens (including phenoxy) is 3. The maximum Gasteiger partial charge on any atom is 0.490 e. The Hall–Kier alpha value is -5.48. The van der Waals surface area contributed by atoms with Crippen LogP contribution in [-0.2, 0) is 54.9 Å². The van der Waals surface area contributed by atoms with Crippen molar-refractivity contribution in [1.82, 2.24) is 15.5 Å². The topological polar surface area (TPSA) is 296 Å². The largest absolute Gasteiger partial charge is 0.504 e. The predicted molar refractivity (Wildman–Crippen MR) is 172 cm³/mol. The molecule has 1 aromatic rings. The molecule has 0 unspecified atom stereocenters. The predicted octanol–water partition coefficient (Wildman–Crippen LogP) is -0.919. The van der Waals surface area contributed by atoms with Gasteiger partial charge in [0.2, 0.25) is 11.8 Å². The summed E-state index contributed by atoms with van der Waals surface area (Å²) in [5.41, 5.74) is -0.795. The lowest BCUT2D eigenvalue weighted by Crippen LogP contribution is -2.75. The highest BCUT2D eigenvalue weighted by atomic mass is 19.4. The molecule has 1 fully saturated rings. The zero-order valence-corrected chi connectivity index (χ0v) is 29.0. The molecular formula is C33H38F3N3O16. The summed E-state index contributed by atoms with van der Waals surface area (Å²) in [5.74, 6) is -8.61. The summed E-state index contributed by atoms with van der Waals surface area (Å²) in [6.45, 7) is 0.176. The zero-order chi connectivity index (χ0) is 41.0. The smallest absolute Gasteiger partial charge is 0.490 e. The molecule has 1 saturated heterocycles. The second-order valence-corrected chi connectivity index (χ2v) is 13.1. The molecular weight excluding hydrogens is 751 g/mol. The maximum absolute atomic E-state index is 13.4. The molecule has 6 atom stereocenters.